The van der Waals surface area contributed by atoms with E-state index in [0.29, 0.717) is 20.6 Å². The monoisotopic (exact) mass is 466 g/mol. The summed E-state index contributed by atoms with van der Waals surface area (Å²) in [6.45, 7) is 1.90. The van der Waals surface area contributed by atoms with Crippen LogP contribution in [0, 0.1) is 0 Å². The lowest BCUT2D eigenvalue weighted by Crippen LogP contribution is -2.50. The fraction of sp³-hybridized carbons (Fsp3) is 0.391. The first-order valence-electron chi connectivity index (χ1n) is 10.1. The smallest absolute Gasteiger partial charge is 0.242 e. The number of benzene rings is 2. The molecule has 160 valence electrons. The van der Waals surface area contributed by atoms with Gasteiger partial charge in [0.15, 0.2) is 0 Å². The van der Waals surface area contributed by atoms with E-state index in [2.05, 4.69) is 5.32 Å². The van der Waals surface area contributed by atoms with E-state index < -0.39 is 6.04 Å². The summed E-state index contributed by atoms with van der Waals surface area (Å²) < 4.78 is 0. The van der Waals surface area contributed by atoms with Gasteiger partial charge < -0.3 is 10.2 Å². The van der Waals surface area contributed by atoms with Gasteiger partial charge in [0.25, 0.3) is 0 Å². The van der Waals surface area contributed by atoms with Crippen molar-refractivity contribution in [2.75, 3.05) is 0 Å². The molecule has 0 bridgehead atoms. The maximum atomic E-state index is 13.2. The first-order chi connectivity index (χ1) is 14.3. The Hall–Kier alpha value is -1.75. The number of rotatable bonds is 7. The molecule has 1 fully saturated rings. The molecule has 30 heavy (non-hydrogen) atoms. The van der Waals surface area contributed by atoms with Crippen molar-refractivity contribution in [2.24, 2.45) is 0 Å². The summed E-state index contributed by atoms with van der Waals surface area (Å²) in [6.07, 6.45) is 4.35. The van der Waals surface area contributed by atoms with Crippen molar-refractivity contribution in [3.63, 3.8) is 0 Å². The van der Waals surface area contributed by atoms with E-state index in [1.807, 2.05) is 12.1 Å². The Kier molecular flexibility index (Phi) is 8.04. The molecule has 1 N–H and O–H groups in total. The highest BCUT2D eigenvalue weighted by Crippen LogP contribution is 2.27. The number of carbonyl (C=O) groups excluding carboxylic acids is 2. The molecule has 1 atom stereocenters. The van der Waals surface area contributed by atoms with Crippen LogP contribution in [-0.4, -0.2) is 28.8 Å². The minimum atomic E-state index is -0.655. The molecule has 0 aromatic heterocycles. The average Bonchev–Trinajstić information content (AvgIpc) is 3.22. The van der Waals surface area contributed by atoms with E-state index in [9.17, 15) is 9.59 Å². The van der Waals surface area contributed by atoms with E-state index in [-0.39, 0.29) is 30.8 Å². The van der Waals surface area contributed by atoms with E-state index in [0.717, 1.165) is 31.2 Å². The molecule has 0 radical (unpaired) electrons. The van der Waals surface area contributed by atoms with Gasteiger partial charge in [-0.1, -0.05) is 65.8 Å². The van der Waals surface area contributed by atoms with Crippen LogP contribution in [0.3, 0.4) is 0 Å². The lowest BCUT2D eigenvalue weighted by molar-refractivity contribution is -0.140. The molecule has 4 nitrogen and oxygen atoms in total. The molecule has 0 unspecified atom stereocenters. The number of hydrogen-bond acceptors (Lipinski definition) is 2. The lowest BCUT2D eigenvalue weighted by atomic mass is 10.1. The zero-order valence-electron chi connectivity index (χ0n) is 16.8. The largest absolute Gasteiger partial charge is 0.352 e. The summed E-state index contributed by atoms with van der Waals surface area (Å²) in [4.78, 5) is 27.7. The Bertz CT molecular complexity index is 876. The standard InChI is InChI=1S/C23H25Cl3N2O2/c1-15(23(30)27-18-5-2-3-6-18)28(14-19-20(25)7-4-8-21(19)26)22(29)13-16-9-11-17(24)12-10-16/h4,7-12,15,18H,2-3,5-6,13-14H2,1H3,(H,27,30)/t15-/m0/s1. The second-order valence-electron chi connectivity index (χ2n) is 7.69. The Morgan fingerprint density at radius 2 is 1.63 bits per heavy atom. The predicted molar refractivity (Wildman–Crippen MR) is 122 cm³/mol. The van der Waals surface area contributed by atoms with Crippen LogP contribution in [0.2, 0.25) is 15.1 Å². The van der Waals surface area contributed by atoms with Crippen LogP contribution >= 0.6 is 34.8 Å². The summed E-state index contributed by atoms with van der Waals surface area (Å²) in [5, 5.41) is 4.63. The number of nitrogens with one attached hydrogen (secondary N) is 1. The van der Waals surface area contributed by atoms with Crippen LogP contribution in [-0.2, 0) is 22.6 Å². The van der Waals surface area contributed by atoms with Gasteiger partial charge in [-0.3, -0.25) is 9.59 Å². The summed E-state index contributed by atoms with van der Waals surface area (Å²) >= 11 is 18.6. The quantitative estimate of drug-likeness (QED) is 0.571. The summed E-state index contributed by atoms with van der Waals surface area (Å²) in [5.41, 5.74) is 1.45. The molecule has 2 amide bonds. The van der Waals surface area contributed by atoms with Gasteiger partial charge in [-0.05, 0) is 49.6 Å². The molecule has 2 aromatic rings. The third kappa shape index (κ3) is 5.90. The topological polar surface area (TPSA) is 49.4 Å². The minimum Gasteiger partial charge on any atom is -0.352 e. The Balaban J connectivity index is 1.81. The van der Waals surface area contributed by atoms with Gasteiger partial charge in [-0.2, -0.15) is 0 Å². The van der Waals surface area contributed by atoms with Gasteiger partial charge in [0.05, 0.1) is 6.42 Å². The van der Waals surface area contributed by atoms with E-state index in [4.69, 9.17) is 34.8 Å². The molecule has 7 heteroatoms. The number of hydrogen-bond donors (Lipinski definition) is 1. The molecule has 0 spiro atoms. The zero-order chi connectivity index (χ0) is 21.7. The summed E-state index contributed by atoms with van der Waals surface area (Å²) in [5.74, 6) is -0.336. The van der Waals surface area contributed by atoms with Gasteiger partial charge in [-0.15, -0.1) is 0 Å². The van der Waals surface area contributed by atoms with Crippen molar-refractivity contribution in [1.29, 1.82) is 0 Å². The van der Waals surface area contributed by atoms with Crippen LogP contribution in [0.25, 0.3) is 0 Å². The van der Waals surface area contributed by atoms with Crippen molar-refractivity contribution in [1.82, 2.24) is 10.2 Å². The number of nitrogens with zero attached hydrogens (tertiary/aromatic N) is 1. The molecular weight excluding hydrogens is 443 g/mol. The molecule has 1 aliphatic carbocycles. The maximum Gasteiger partial charge on any atom is 0.242 e. The van der Waals surface area contributed by atoms with Crippen molar-refractivity contribution in [3.05, 3.63) is 68.7 Å². The van der Waals surface area contributed by atoms with Crippen molar-refractivity contribution >= 4 is 46.6 Å². The van der Waals surface area contributed by atoms with Gasteiger partial charge in [0, 0.05) is 33.2 Å². The molecule has 1 saturated carbocycles. The van der Waals surface area contributed by atoms with Gasteiger partial charge in [0.2, 0.25) is 11.8 Å². The highest BCUT2D eigenvalue weighted by atomic mass is 35.5. The summed E-state index contributed by atoms with van der Waals surface area (Å²) in [6, 6.07) is 11.8. The zero-order valence-corrected chi connectivity index (χ0v) is 19.1. The van der Waals surface area contributed by atoms with Crippen LogP contribution in [0.15, 0.2) is 42.5 Å². The Morgan fingerprint density at radius 1 is 1.03 bits per heavy atom. The van der Waals surface area contributed by atoms with Crippen LogP contribution in [0.4, 0.5) is 0 Å². The second-order valence-corrected chi connectivity index (χ2v) is 8.94. The molecule has 0 heterocycles. The first kappa shape index (κ1) is 22.9. The molecule has 3 rings (SSSR count). The number of carbonyl (C=O) groups is 2. The highest BCUT2D eigenvalue weighted by molar-refractivity contribution is 6.36. The Morgan fingerprint density at radius 3 is 2.23 bits per heavy atom. The maximum absolute atomic E-state index is 13.2. The highest BCUT2D eigenvalue weighted by Gasteiger charge is 2.29. The van der Waals surface area contributed by atoms with Crippen LogP contribution in [0.5, 0.6) is 0 Å². The molecule has 1 aliphatic rings. The third-order valence-corrected chi connectivity index (χ3v) is 6.49. The molecular formula is C23H25Cl3N2O2. The lowest BCUT2D eigenvalue weighted by Gasteiger charge is -2.30. The molecule has 0 aliphatic heterocycles. The minimum absolute atomic E-state index is 0.153. The van der Waals surface area contributed by atoms with E-state index >= 15 is 0 Å². The normalized spacial score (nSPS) is 15.1. The first-order valence-corrected chi connectivity index (χ1v) is 11.3. The average molecular weight is 468 g/mol. The fourth-order valence-electron chi connectivity index (χ4n) is 3.71. The van der Waals surface area contributed by atoms with Crippen molar-refractivity contribution < 1.29 is 9.59 Å². The van der Waals surface area contributed by atoms with E-state index in [1.54, 1.807) is 42.2 Å². The Labute approximate surface area is 192 Å². The van der Waals surface area contributed by atoms with E-state index in [1.165, 1.54) is 0 Å². The second kappa shape index (κ2) is 10.5. The number of amides is 2. The van der Waals surface area contributed by atoms with Crippen LogP contribution < -0.4 is 5.32 Å². The van der Waals surface area contributed by atoms with Gasteiger partial charge in [0.1, 0.15) is 6.04 Å². The van der Waals surface area contributed by atoms with Crippen LogP contribution in [0.1, 0.15) is 43.7 Å². The predicted octanol–water partition coefficient (Wildman–Crippen LogP) is 5.67. The van der Waals surface area contributed by atoms with Gasteiger partial charge >= 0.3 is 0 Å². The van der Waals surface area contributed by atoms with Crippen molar-refractivity contribution in [3.8, 4) is 0 Å². The third-order valence-electron chi connectivity index (χ3n) is 5.53. The summed E-state index contributed by atoms with van der Waals surface area (Å²) in [7, 11) is 0. The molecule has 2 aromatic carbocycles. The fourth-order valence-corrected chi connectivity index (χ4v) is 4.35. The SMILES string of the molecule is C[C@@H](C(=O)NC1CCCC1)N(Cc1c(Cl)cccc1Cl)C(=O)Cc1ccc(Cl)cc1. The molecule has 0 saturated heterocycles. The van der Waals surface area contributed by atoms with Crippen molar-refractivity contribution in [2.45, 2.75) is 57.7 Å². The van der Waals surface area contributed by atoms with Gasteiger partial charge in [-0.25, -0.2) is 0 Å². The number of halogens is 3.